The number of halogens is 2. The lowest BCUT2D eigenvalue weighted by molar-refractivity contribution is 0.125. The molecule has 0 bridgehead atoms. The van der Waals surface area contributed by atoms with Crippen LogP contribution in [0, 0.1) is 11.6 Å². The van der Waals surface area contributed by atoms with E-state index in [1.54, 1.807) is 0 Å². The Morgan fingerprint density at radius 2 is 1.87 bits per heavy atom. The first-order valence-corrected chi connectivity index (χ1v) is 4.63. The number of benzene rings is 1. The van der Waals surface area contributed by atoms with Crippen LogP contribution in [-0.2, 0) is 4.74 Å². The molecule has 2 unspecified atom stereocenters. The van der Waals surface area contributed by atoms with Crippen molar-refractivity contribution in [2.24, 2.45) is 0 Å². The summed E-state index contributed by atoms with van der Waals surface area (Å²) in [6.45, 7) is 0.578. The molecule has 0 spiro atoms. The molecular weight excluding hydrogens is 204 g/mol. The summed E-state index contributed by atoms with van der Waals surface area (Å²) in [6, 6.07) is 2.83. The highest BCUT2D eigenvalue weighted by molar-refractivity contribution is 5.45. The highest BCUT2D eigenvalue weighted by atomic mass is 19.1. The quantitative estimate of drug-likeness (QED) is 0.777. The van der Waals surface area contributed by atoms with Gasteiger partial charge in [-0.1, -0.05) is 0 Å². The molecule has 0 saturated carbocycles. The van der Waals surface area contributed by atoms with Crippen molar-refractivity contribution in [1.82, 2.24) is 0 Å². The van der Waals surface area contributed by atoms with Crippen molar-refractivity contribution in [2.75, 3.05) is 18.5 Å². The molecule has 1 aromatic carbocycles. The fourth-order valence-electron chi connectivity index (χ4n) is 1.53. The van der Waals surface area contributed by atoms with Gasteiger partial charge in [0.05, 0.1) is 25.4 Å². The highest BCUT2D eigenvalue weighted by Crippen LogP contribution is 2.17. The second kappa shape index (κ2) is 4.12. The van der Waals surface area contributed by atoms with Crippen molar-refractivity contribution in [1.29, 1.82) is 0 Å². The van der Waals surface area contributed by atoms with Crippen LogP contribution in [0.15, 0.2) is 18.2 Å². The Hall–Kier alpha value is -1.20. The second-order valence-electron chi connectivity index (χ2n) is 3.51. The number of nitrogens with one attached hydrogen (secondary N) is 1. The average molecular weight is 215 g/mol. The van der Waals surface area contributed by atoms with E-state index in [4.69, 9.17) is 4.74 Å². The van der Waals surface area contributed by atoms with Gasteiger partial charge in [-0.05, 0) is 12.1 Å². The third kappa shape index (κ3) is 2.43. The van der Waals surface area contributed by atoms with Crippen molar-refractivity contribution >= 4 is 5.69 Å². The summed E-state index contributed by atoms with van der Waals surface area (Å²) >= 11 is 0. The Bertz CT molecular complexity index is 339. The van der Waals surface area contributed by atoms with E-state index in [9.17, 15) is 13.9 Å². The van der Waals surface area contributed by atoms with E-state index in [-0.39, 0.29) is 12.6 Å². The van der Waals surface area contributed by atoms with Crippen LogP contribution in [0.2, 0.25) is 0 Å². The van der Waals surface area contributed by atoms with Crippen molar-refractivity contribution in [3.63, 3.8) is 0 Å². The van der Waals surface area contributed by atoms with Gasteiger partial charge in [-0.15, -0.1) is 0 Å². The second-order valence-corrected chi connectivity index (χ2v) is 3.51. The van der Waals surface area contributed by atoms with Crippen LogP contribution in [0.1, 0.15) is 0 Å². The SMILES string of the molecule is OC1COCC1Nc1cc(F)cc(F)c1. The molecular formula is C10H11F2NO2. The summed E-state index contributed by atoms with van der Waals surface area (Å²) in [7, 11) is 0. The van der Waals surface area contributed by atoms with Gasteiger partial charge in [-0.3, -0.25) is 0 Å². The molecule has 2 N–H and O–H groups in total. The van der Waals surface area contributed by atoms with E-state index >= 15 is 0 Å². The van der Waals surface area contributed by atoms with Crippen LogP contribution in [0.25, 0.3) is 0 Å². The van der Waals surface area contributed by atoms with Crippen molar-refractivity contribution in [3.8, 4) is 0 Å². The van der Waals surface area contributed by atoms with Crippen molar-refractivity contribution in [3.05, 3.63) is 29.8 Å². The number of ether oxygens (including phenoxy) is 1. The Morgan fingerprint density at radius 1 is 1.20 bits per heavy atom. The molecule has 5 heteroatoms. The van der Waals surface area contributed by atoms with Gasteiger partial charge in [-0.25, -0.2) is 8.78 Å². The molecule has 1 aliphatic heterocycles. The lowest BCUT2D eigenvalue weighted by Crippen LogP contribution is -2.31. The minimum atomic E-state index is -0.647. The Balaban J connectivity index is 2.10. The predicted octanol–water partition coefficient (Wildman–Crippen LogP) is 1.14. The number of hydrogen-bond donors (Lipinski definition) is 2. The number of aliphatic hydroxyl groups is 1. The van der Waals surface area contributed by atoms with Gasteiger partial charge in [0.2, 0.25) is 0 Å². The van der Waals surface area contributed by atoms with Crippen LogP contribution in [0.3, 0.4) is 0 Å². The lowest BCUT2D eigenvalue weighted by Gasteiger charge is -2.15. The lowest BCUT2D eigenvalue weighted by atomic mass is 10.2. The molecule has 0 amide bonds. The first-order chi connectivity index (χ1) is 7.15. The average Bonchev–Trinajstić information content (AvgIpc) is 2.50. The molecule has 1 aliphatic rings. The summed E-state index contributed by atoms with van der Waals surface area (Å²) < 4.78 is 30.7. The van der Waals surface area contributed by atoms with E-state index in [0.717, 1.165) is 6.07 Å². The summed E-state index contributed by atoms with van der Waals surface area (Å²) in [6.07, 6.45) is -0.642. The Morgan fingerprint density at radius 3 is 2.40 bits per heavy atom. The maximum Gasteiger partial charge on any atom is 0.128 e. The molecule has 2 rings (SSSR count). The molecule has 0 aromatic heterocycles. The Labute approximate surface area is 85.7 Å². The van der Waals surface area contributed by atoms with Gasteiger partial charge in [0.25, 0.3) is 0 Å². The van der Waals surface area contributed by atoms with E-state index in [1.165, 1.54) is 12.1 Å². The number of rotatable bonds is 2. The normalized spacial score (nSPS) is 25.5. The summed E-state index contributed by atoms with van der Waals surface area (Å²) in [5.74, 6) is -1.29. The molecule has 2 atom stereocenters. The third-order valence-corrected chi connectivity index (χ3v) is 2.27. The van der Waals surface area contributed by atoms with Gasteiger partial charge in [0.15, 0.2) is 0 Å². The fourth-order valence-corrected chi connectivity index (χ4v) is 1.53. The zero-order chi connectivity index (χ0) is 10.8. The molecule has 0 aliphatic carbocycles. The fraction of sp³-hybridized carbons (Fsp3) is 0.400. The molecule has 15 heavy (non-hydrogen) atoms. The topological polar surface area (TPSA) is 41.5 Å². The third-order valence-electron chi connectivity index (χ3n) is 2.27. The summed E-state index contributed by atoms with van der Waals surface area (Å²) in [5, 5.41) is 12.2. The van der Waals surface area contributed by atoms with E-state index in [2.05, 4.69) is 5.32 Å². The minimum absolute atomic E-state index is 0.246. The van der Waals surface area contributed by atoms with Crippen molar-refractivity contribution in [2.45, 2.75) is 12.1 Å². The van der Waals surface area contributed by atoms with Gasteiger partial charge in [0.1, 0.15) is 11.6 Å². The largest absolute Gasteiger partial charge is 0.388 e. The highest BCUT2D eigenvalue weighted by Gasteiger charge is 2.25. The van der Waals surface area contributed by atoms with Crippen LogP contribution in [0.5, 0.6) is 0 Å². The molecule has 82 valence electrons. The predicted molar refractivity (Wildman–Crippen MR) is 50.6 cm³/mol. The maximum atomic E-state index is 12.8. The van der Waals surface area contributed by atoms with E-state index in [1.807, 2.05) is 0 Å². The van der Waals surface area contributed by atoms with Gasteiger partial charge < -0.3 is 15.2 Å². The molecule has 3 nitrogen and oxygen atoms in total. The number of aliphatic hydroxyl groups excluding tert-OH is 1. The van der Waals surface area contributed by atoms with Crippen molar-refractivity contribution < 1.29 is 18.6 Å². The number of anilines is 1. The smallest absolute Gasteiger partial charge is 0.128 e. The van der Waals surface area contributed by atoms with Crippen LogP contribution >= 0.6 is 0 Å². The van der Waals surface area contributed by atoms with Crippen LogP contribution in [-0.4, -0.2) is 30.5 Å². The van der Waals surface area contributed by atoms with E-state index in [0.29, 0.717) is 12.3 Å². The molecule has 1 saturated heterocycles. The maximum absolute atomic E-state index is 12.8. The minimum Gasteiger partial charge on any atom is -0.388 e. The van der Waals surface area contributed by atoms with Gasteiger partial charge in [-0.2, -0.15) is 0 Å². The van der Waals surface area contributed by atoms with Crippen LogP contribution in [0.4, 0.5) is 14.5 Å². The first-order valence-electron chi connectivity index (χ1n) is 4.63. The molecule has 1 heterocycles. The van der Waals surface area contributed by atoms with Crippen LogP contribution < -0.4 is 5.32 Å². The Kier molecular flexibility index (Phi) is 2.83. The molecule has 0 radical (unpaired) electrons. The summed E-state index contributed by atoms with van der Waals surface area (Å²) in [5.41, 5.74) is 0.307. The van der Waals surface area contributed by atoms with Gasteiger partial charge >= 0.3 is 0 Å². The van der Waals surface area contributed by atoms with Gasteiger partial charge in [0, 0.05) is 11.8 Å². The first kappa shape index (κ1) is 10.3. The monoisotopic (exact) mass is 215 g/mol. The summed E-state index contributed by atoms with van der Waals surface area (Å²) in [4.78, 5) is 0. The molecule has 1 fully saturated rings. The number of hydrogen-bond acceptors (Lipinski definition) is 3. The molecule has 1 aromatic rings. The van der Waals surface area contributed by atoms with E-state index < -0.39 is 17.7 Å². The zero-order valence-corrected chi connectivity index (χ0v) is 7.91. The zero-order valence-electron chi connectivity index (χ0n) is 7.91. The standard InChI is InChI=1S/C10H11F2NO2/c11-6-1-7(12)3-8(2-6)13-9-4-15-5-10(9)14/h1-3,9-10,13-14H,4-5H2.